The average molecular weight is 296 g/mol. The second kappa shape index (κ2) is 6.34. The number of hydrogen-bond acceptors (Lipinski definition) is 3. The van der Waals surface area contributed by atoms with Gasteiger partial charge in [-0.1, -0.05) is 20.8 Å². The van der Waals surface area contributed by atoms with Gasteiger partial charge in [-0.05, 0) is 18.2 Å². The van der Waals surface area contributed by atoms with Crippen LogP contribution in [-0.2, 0) is 9.59 Å². The highest BCUT2D eigenvalue weighted by atomic mass is 19.1. The molecule has 0 aliphatic rings. The number of halogens is 1. The summed E-state index contributed by atoms with van der Waals surface area (Å²) in [7, 11) is 0. The molecule has 114 valence electrons. The summed E-state index contributed by atoms with van der Waals surface area (Å²) in [5.41, 5.74) is -1.03. The number of carbonyl (C=O) groups excluding carboxylic acids is 2. The highest BCUT2D eigenvalue weighted by Gasteiger charge is 2.21. The SMILES string of the molecule is CC(C)(C)C(=O)NCC(=O)Nc1cc(F)ccc1C(=O)O. The minimum atomic E-state index is -1.29. The van der Waals surface area contributed by atoms with E-state index in [0.717, 1.165) is 18.2 Å². The number of carboxylic acids is 1. The summed E-state index contributed by atoms with van der Waals surface area (Å²) >= 11 is 0. The lowest BCUT2D eigenvalue weighted by Gasteiger charge is -2.17. The van der Waals surface area contributed by atoms with Crippen LogP contribution in [0.5, 0.6) is 0 Å². The molecule has 21 heavy (non-hydrogen) atoms. The molecule has 0 radical (unpaired) electrons. The van der Waals surface area contributed by atoms with Crippen LogP contribution in [-0.4, -0.2) is 29.4 Å². The fourth-order valence-electron chi connectivity index (χ4n) is 1.43. The van der Waals surface area contributed by atoms with Crippen LogP contribution in [0.2, 0.25) is 0 Å². The van der Waals surface area contributed by atoms with Crippen molar-refractivity contribution >= 4 is 23.5 Å². The van der Waals surface area contributed by atoms with Gasteiger partial charge in [-0.2, -0.15) is 0 Å². The number of hydrogen-bond donors (Lipinski definition) is 3. The lowest BCUT2D eigenvalue weighted by molar-refractivity contribution is -0.130. The zero-order chi connectivity index (χ0) is 16.2. The van der Waals surface area contributed by atoms with Crippen molar-refractivity contribution in [2.24, 2.45) is 5.41 Å². The molecule has 0 atom stereocenters. The standard InChI is InChI=1S/C14H17FN2O4/c1-14(2,3)13(21)16-7-11(18)17-10-6-8(15)4-5-9(10)12(19)20/h4-6H,7H2,1-3H3,(H,16,21)(H,17,18)(H,19,20). The summed E-state index contributed by atoms with van der Waals surface area (Å²) < 4.78 is 13.1. The Morgan fingerprint density at radius 3 is 2.38 bits per heavy atom. The van der Waals surface area contributed by atoms with Gasteiger partial charge in [0.05, 0.1) is 17.8 Å². The molecular weight excluding hydrogens is 279 g/mol. The van der Waals surface area contributed by atoms with E-state index in [1.165, 1.54) is 0 Å². The van der Waals surface area contributed by atoms with E-state index in [4.69, 9.17) is 5.11 Å². The van der Waals surface area contributed by atoms with Gasteiger partial charge in [-0.15, -0.1) is 0 Å². The summed E-state index contributed by atoms with van der Waals surface area (Å²) in [5, 5.41) is 13.6. The first-order chi connectivity index (χ1) is 9.61. The number of amides is 2. The molecule has 0 aromatic heterocycles. The Labute approximate surface area is 121 Å². The van der Waals surface area contributed by atoms with Crippen LogP contribution >= 0.6 is 0 Å². The number of rotatable bonds is 4. The Bertz CT molecular complexity index is 579. The number of carbonyl (C=O) groups is 3. The molecule has 0 heterocycles. The van der Waals surface area contributed by atoms with Gasteiger partial charge in [0.15, 0.2) is 0 Å². The maximum Gasteiger partial charge on any atom is 0.337 e. The van der Waals surface area contributed by atoms with E-state index in [2.05, 4.69) is 10.6 Å². The van der Waals surface area contributed by atoms with Crippen molar-refractivity contribution in [3.8, 4) is 0 Å². The first-order valence-electron chi connectivity index (χ1n) is 6.22. The average Bonchev–Trinajstić information content (AvgIpc) is 2.34. The predicted molar refractivity (Wildman–Crippen MR) is 74.5 cm³/mol. The number of benzene rings is 1. The smallest absolute Gasteiger partial charge is 0.337 e. The number of aromatic carboxylic acids is 1. The van der Waals surface area contributed by atoms with E-state index in [1.807, 2.05) is 0 Å². The Morgan fingerprint density at radius 2 is 1.86 bits per heavy atom. The molecule has 0 fully saturated rings. The van der Waals surface area contributed by atoms with Crippen molar-refractivity contribution in [3.05, 3.63) is 29.6 Å². The third-order valence-corrected chi connectivity index (χ3v) is 2.58. The van der Waals surface area contributed by atoms with Crippen molar-refractivity contribution in [1.82, 2.24) is 5.32 Å². The Hall–Kier alpha value is -2.44. The third-order valence-electron chi connectivity index (χ3n) is 2.58. The third kappa shape index (κ3) is 4.87. The fourth-order valence-corrected chi connectivity index (χ4v) is 1.43. The molecule has 1 aromatic carbocycles. The minimum Gasteiger partial charge on any atom is -0.478 e. The van der Waals surface area contributed by atoms with Crippen LogP contribution in [0.15, 0.2) is 18.2 Å². The van der Waals surface area contributed by atoms with Gasteiger partial charge in [0.1, 0.15) is 5.82 Å². The van der Waals surface area contributed by atoms with Crippen molar-refractivity contribution in [3.63, 3.8) is 0 Å². The summed E-state index contributed by atoms with van der Waals surface area (Å²) in [6.07, 6.45) is 0. The molecule has 0 aliphatic carbocycles. The van der Waals surface area contributed by atoms with Crippen LogP contribution in [0.25, 0.3) is 0 Å². The van der Waals surface area contributed by atoms with Crippen LogP contribution in [0.3, 0.4) is 0 Å². The largest absolute Gasteiger partial charge is 0.478 e. The Morgan fingerprint density at radius 1 is 1.24 bits per heavy atom. The van der Waals surface area contributed by atoms with Gasteiger partial charge in [-0.3, -0.25) is 9.59 Å². The van der Waals surface area contributed by atoms with Crippen molar-refractivity contribution in [1.29, 1.82) is 0 Å². The lowest BCUT2D eigenvalue weighted by atomic mass is 9.96. The summed E-state index contributed by atoms with van der Waals surface area (Å²) in [6, 6.07) is 2.95. The number of carboxylic acid groups (broad SMARTS) is 1. The van der Waals surface area contributed by atoms with Crippen molar-refractivity contribution in [2.75, 3.05) is 11.9 Å². The molecule has 0 spiro atoms. The molecule has 6 nitrogen and oxygen atoms in total. The first-order valence-corrected chi connectivity index (χ1v) is 6.22. The zero-order valence-electron chi connectivity index (χ0n) is 12.0. The zero-order valence-corrected chi connectivity index (χ0v) is 12.0. The van der Waals surface area contributed by atoms with Gasteiger partial charge in [0.25, 0.3) is 0 Å². The molecule has 1 rings (SSSR count). The number of nitrogens with one attached hydrogen (secondary N) is 2. The molecular formula is C14H17FN2O4. The quantitative estimate of drug-likeness (QED) is 0.786. The summed E-state index contributed by atoms with van der Waals surface area (Å²) in [6.45, 7) is 4.74. The van der Waals surface area contributed by atoms with Crippen LogP contribution < -0.4 is 10.6 Å². The van der Waals surface area contributed by atoms with Gasteiger partial charge >= 0.3 is 5.97 Å². The van der Waals surface area contributed by atoms with Gasteiger partial charge in [0.2, 0.25) is 11.8 Å². The maximum absolute atomic E-state index is 13.1. The topological polar surface area (TPSA) is 95.5 Å². The molecule has 3 N–H and O–H groups in total. The first kappa shape index (κ1) is 16.6. The molecule has 0 aliphatic heterocycles. The molecule has 0 saturated carbocycles. The highest BCUT2D eigenvalue weighted by Crippen LogP contribution is 2.17. The Kier molecular flexibility index (Phi) is 5.02. The second-order valence-electron chi connectivity index (χ2n) is 5.48. The monoisotopic (exact) mass is 296 g/mol. The number of anilines is 1. The lowest BCUT2D eigenvalue weighted by Crippen LogP contribution is -2.39. The molecule has 2 amide bonds. The Balaban J connectivity index is 2.74. The summed E-state index contributed by atoms with van der Waals surface area (Å²) in [4.78, 5) is 34.3. The molecule has 0 saturated heterocycles. The normalized spacial score (nSPS) is 10.9. The summed E-state index contributed by atoms with van der Waals surface area (Å²) in [5.74, 6) is -2.92. The molecule has 7 heteroatoms. The van der Waals surface area contributed by atoms with Crippen LogP contribution in [0.1, 0.15) is 31.1 Å². The van der Waals surface area contributed by atoms with E-state index in [9.17, 15) is 18.8 Å². The van der Waals surface area contributed by atoms with E-state index in [1.54, 1.807) is 20.8 Å². The minimum absolute atomic E-state index is 0.155. The van der Waals surface area contributed by atoms with E-state index in [0.29, 0.717) is 0 Å². The maximum atomic E-state index is 13.1. The molecule has 0 bridgehead atoms. The van der Waals surface area contributed by atoms with E-state index in [-0.39, 0.29) is 23.7 Å². The van der Waals surface area contributed by atoms with Crippen LogP contribution in [0, 0.1) is 11.2 Å². The molecule has 1 aromatic rings. The fraction of sp³-hybridized carbons (Fsp3) is 0.357. The molecule has 0 unspecified atom stereocenters. The van der Waals surface area contributed by atoms with Gasteiger partial charge in [0, 0.05) is 5.41 Å². The van der Waals surface area contributed by atoms with Crippen LogP contribution in [0.4, 0.5) is 10.1 Å². The van der Waals surface area contributed by atoms with Gasteiger partial charge in [-0.25, -0.2) is 9.18 Å². The van der Waals surface area contributed by atoms with Gasteiger partial charge < -0.3 is 15.7 Å². The second-order valence-corrected chi connectivity index (χ2v) is 5.48. The predicted octanol–water partition coefficient (Wildman–Crippen LogP) is 1.62. The van der Waals surface area contributed by atoms with Crippen molar-refractivity contribution in [2.45, 2.75) is 20.8 Å². The van der Waals surface area contributed by atoms with E-state index < -0.39 is 23.1 Å². The van der Waals surface area contributed by atoms with E-state index >= 15 is 0 Å². The van der Waals surface area contributed by atoms with Crippen molar-refractivity contribution < 1.29 is 23.9 Å². The highest BCUT2D eigenvalue weighted by molar-refractivity contribution is 6.01.